The van der Waals surface area contributed by atoms with Crippen LogP contribution in [-0.2, 0) is 14.4 Å². The van der Waals surface area contributed by atoms with Crippen molar-refractivity contribution in [2.75, 3.05) is 6.54 Å². The average Bonchev–Trinajstić information content (AvgIpc) is 2.86. The second kappa shape index (κ2) is 21.1. The smallest absolute Gasteiger partial charge is 0.362 e. The highest BCUT2D eigenvalue weighted by Gasteiger charge is 2.50. The summed E-state index contributed by atoms with van der Waals surface area (Å²) in [6.07, 6.45) is 24.9. The van der Waals surface area contributed by atoms with E-state index >= 15 is 0 Å². The van der Waals surface area contributed by atoms with Crippen LogP contribution in [-0.4, -0.2) is 57.3 Å². The van der Waals surface area contributed by atoms with Gasteiger partial charge in [0.05, 0.1) is 12.5 Å². The van der Waals surface area contributed by atoms with Gasteiger partial charge in [-0.2, -0.15) is 0 Å². The number of hydrogen-bond acceptors (Lipinski definition) is 4. The van der Waals surface area contributed by atoms with Crippen molar-refractivity contribution in [3.05, 3.63) is 12.2 Å². The fourth-order valence-corrected chi connectivity index (χ4v) is 5.36. The third-order valence-corrected chi connectivity index (χ3v) is 8.03. The first-order chi connectivity index (χ1) is 17.6. The van der Waals surface area contributed by atoms with Crippen LogP contribution < -0.4 is 5.11 Å². The van der Waals surface area contributed by atoms with Crippen molar-refractivity contribution in [2.45, 2.75) is 155 Å². The van der Waals surface area contributed by atoms with Gasteiger partial charge in [-0.15, -0.1) is 0 Å². The van der Waals surface area contributed by atoms with Gasteiger partial charge in [0.25, 0.3) is 0 Å². The summed E-state index contributed by atoms with van der Waals surface area (Å²) in [6.45, 7) is 6.53. The third kappa shape index (κ3) is 14.0. The minimum absolute atomic E-state index is 0.156. The Kier molecular flexibility index (Phi) is 20.0. The maximum atomic E-state index is 11.8. The van der Waals surface area contributed by atoms with Crippen LogP contribution in [0.4, 0.5) is 0 Å². The normalized spacial score (nSPS) is 15.8. The lowest BCUT2D eigenvalue weighted by Crippen LogP contribution is -2.72. The summed E-state index contributed by atoms with van der Waals surface area (Å²) >= 11 is 0. The van der Waals surface area contributed by atoms with Crippen LogP contribution in [0.1, 0.15) is 137 Å². The highest BCUT2D eigenvalue weighted by atomic mass is 16.4. The Balaban J connectivity index is 4.20. The number of hydrogen-bond donors (Lipinski definition) is 2. The topological polar surface area (TPSA) is 115 Å². The Labute approximate surface area is 225 Å². The number of carbonyl (C=O) groups excluding carboxylic acids is 1. The maximum Gasteiger partial charge on any atom is 0.362 e. The molecule has 7 heteroatoms. The molecule has 0 saturated carbocycles. The molecule has 0 heterocycles. The largest absolute Gasteiger partial charge is 0.544 e. The van der Waals surface area contributed by atoms with Crippen LogP contribution >= 0.6 is 0 Å². The van der Waals surface area contributed by atoms with E-state index in [1.807, 2.05) is 0 Å². The van der Waals surface area contributed by atoms with E-state index in [0.717, 1.165) is 19.3 Å². The SMILES string of the molecule is CCCCCCCCCCCCCCC/C=C/CCCC[N+](C(C)C(=O)[O-])(C(C)C(=O)O)C(C)C(=O)O. The first-order valence-electron chi connectivity index (χ1n) is 14.8. The van der Waals surface area contributed by atoms with Crippen molar-refractivity contribution >= 4 is 17.9 Å². The number of quaternary nitrogens is 1. The molecular formula is C30H55NO6. The Hall–Kier alpha value is -1.89. The molecule has 0 fully saturated rings. The van der Waals surface area contributed by atoms with E-state index in [1.54, 1.807) is 0 Å². The van der Waals surface area contributed by atoms with E-state index in [-0.39, 0.29) is 6.54 Å². The van der Waals surface area contributed by atoms with Gasteiger partial charge in [0, 0.05) is 0 Å². The van der Waals surface area contributed by atoms with Crippen LogP contribution in [0.5, 0.6) is 0 Å². The number of carboxylic acid groups (broad SMARTS) is 3. The highest BCUT2D eigenvalue weighted by Crippen LogP contribution is 2.27. The Morgan fingerprint density at radius 1 is 0.622 bits per heavy atom. The Bertz CT molecular complexity index is 612. The van der Waals surface area contributed by atoms with E-state index in [2.05, 4.69) is 19.1 Å². The zero-order chi connectivity index (χ0) is 28.1. The van der Waals surface area contributed by atoms with Crippen LogP contribution in [0.3, 0.4) is 0 Å². The molecule has 0 aromatic rings. The molecule has 7 nitrogen and oxygen atoms in total. The van der Waals surface area contributed by atoms with Crippen molar-refractivity contribution in [3.63, 3.8) is 0 Å². The zero-order valence-electron chi connectivity index (χ0n) is 24.1. The molecular weight excluding hydrogens is 470 g/mol. The van der Waals surface area contributed by atoms with Crippen molar-refractivity contribution < 1.29 is 34.2 Å². The van der Waals surface area contributed by atoms with Gasteiger partial charge in [-0.3, -0.25) is 4.48 Å². The van der Waals surface area contributed by atoms with Gasteiger partial charge in [-0.25, -0.2) is 9.59 Å². The minimum Gasteiger partial charge on any atom is -0.544 e. The molecule has 0 aliphatic rings. The van der Waals surface area contributed by atoms with Crippen molar-refractivity contribution in [1.82, 2.24) is 0 Å². The second-order valence-electron chi connectivity index (χ2n) is 10.7. The van der Waals surface area contributed by atoms with Gasteiger partial charge in [0.2, 0.25) is 0 Å². The van der Waals surface area contributed by atoms with Crippen molar-refractivity contribution in [1.29, 1.82) is 0 Å². The summed E-state index contributed by atoms with van der Waals surface area (Å²) in [6, 6.07) is -3.60. The monoisotopic (exact) mass is 525 g/mol. The minimum atomic E-state index is -1.43. The fraction of sp³-hybridized carbons (Fsp3) is 0.833. The number of unbranched alkanes of at least 4 members (excludes halogenated alkanes) is 15. The molecule has 0 bridgehead atoms. The third-order valence-electron chi connectivity index (χ3n) is 8.03. The maximum absolute atomic E-state index is 11.8. The number of nitrogens with zero attached hydrogens (tertiary/aromatic N) is 1. The summed E-state index contributed by atoms with van der Waals surface area (Å²) < 4.78 is -0.560. The van der Waals surface area contributed by atoms with E-state index in [1.165, 1.54) is 104 Å². The molecule has 0 amide bonds. The van der Waals surface area contributed by atoms with Gasteiger partial charge >= 0.3 is 11.9 Å². The molecule has 0 aliphatic heterocycles. The average molecular weight is 526 g/mol. The first kappa shape index (κ1) is 35.1. The number of rotatable bonds is 25. The summed E-state index contributed by atoms with van der Waals surface area (Å²) in [7, 11) is 0. The van der Waals surface area contributed by atoms with E-state index in [0.29, 0.717) is 6.42 Å². The van der Waals surface area contributed by atoms with Gasteiger partial charge in [0.1, 0.15) is 6.04 Å². The van der Waals surface area contributed by atoms with Crippen LogP contribution in [0.15, 0.2) is 12.2 Å². The summed E-state index contributed by atoms with van der Waals surface area (Å²) in [5.41, 5.74) is 0. The quantitative estimate of drug-likeness (QED) is 0.0846. The number of aliphatic carboxylic acids is 3. The predicted molar refractivity (Wildman–Crippen MR) is 147 cm³/mol. The number of allylic oxidation sites excluding steroid dienone is 2. The van der Waals surface area contributed by atoms with Gasteiger partial charge in [-0.1, -0.05) is 96.1 Å². The molecule has 0 aromatic carbocycles. The van der Waals surface area contributed by atoms with E-state index in [9.17, 15) is 29.7 Å². The van der Waals surface area contributed by atoms with Gasteiger partial charge in [-0.05, 0) is 52.9 Å². The molecule has 2 N–H and O–H groups in total. The van der Waals surface area contributed by atoms with Crippen LogP contribution in [0.25, 0.3) is 0 Å². The molecule has 0 aliphatic carbocycles. The van der Waals surface area contributed by atoms with Crippen molar-refractivity contribution in [3.8, 4) is 0 Å². The zero-order valence-corrected chi connectivity index (χ0v) is 24.1. The molecule has 216 valence electrons. The highest BCUT2D eigenvalue weighted by molar-refractivity contribution is 5.76. The Morgan fingerprint density at radius 3 is 1.32 bits per heavy atom. The lowest BCUT2D eigenvalue weighted by molar-refractivity contribution is -0.969. The standard InChI is InChI=1S/C30H55NO6/c1-5-6-7-8-9-10-11-12-13-14-15-16-17-18-19-20-21-22-23-24-31(25(2)28(32)33,26(3)29(34)35)27(4)30(36)37/h19-20,25-27H,5-18,21-24H2,1-4H3,(H2-,32,33,34,35,36,37)/b20-19+. The number of carbonyl (C=O) groups is 3. The summed E-state index contributed by atoms with van der Waals surface area (Å²) in [5, 5.41) is 30.9. The van der Waals surface area contributed by atoms with Gasteiger partial charge in [0.15, 0.2) is 12.1 Å². The van der Waals surface area contributed by atoms with Crippen LogP contribution in [0, 0.1) is 0 Å². The van der Waals surface area contributed by atoms with Crippen LogP contribution in [0.2, 0.25) is 0 Å². The molecule has 0 saturated heterocycles. The van der Waals surface area contributed by atoms with E-state index in [4.69, 9.17) is 0 Å². The summed E-state index contributed by atoms with van der Waals surface area (Å²) in [4.78, 5) is 35.2. The molecule has 3 atom stereocenters. The molecule has 0 radical (unpaired) electrons. The molecule has 3 unspecified atom stereocenters. The summed E-state index contributed by atoms with van der Waals surface area (Å²) in [5.74, 6) is -3.85. The lowest BCUT2D eigenvalue weighted by Gasteiger charge is -2.49. The predicted octanol–water partition coefficient (Wildman–Crippen LogP) is 6.10. The lowest BCUT2D eigenvalue weighted by atomic mass is 10.0. The molecule has 0 rings (SSSR count). The van der Waals surface area contributed by atoms with Gasteiger partial charge < -0.3 is 20.1 Å². The first-order valence-corrected chi connectivity index (χ1v) is 14.8. The second-order valence-corrected chi connectivity index (χ2v) is 10.7. The molecule has 37 heavy (non-hydrogen) atoms. The Morgan fingerprint density at radius 2 is 0.973 bits per heavy atom. The fourth-order valence-electron chi connectivity index (χ4n) is 5.36. The van der Waals surface area contributed by atoms with Crippen molar-refractivity contribution in [2.24, 2.45) is 0 Å². The number of carboxylic acids is 3. The molecule has 0 spiro atoms. The van der Waals surface area contributed by atoms with E-state index < -0.39 is 40.5 Å². The molecule has 0 aromatic heterocycles.